The van der Waals surface area contributed by atoms with Gasteiger partial charge < -0.3 is 14.6 Å². The van der Waals surface area contributed by atoms with Crippen molar-refractivity contribution in [3.63, 3.8) is 0 Å². The molecule has 0 amide bonds. The normalized spacial score (nSPS) is 10.4. The molecule has 0 aliphatic carbocycles. The molecule has 0 aliphatic rings. The molecular weight excluding hydrogens is 218 g/mol. The lowest BCUT2D eigenvalue weighted by Crippen LogP contribution is -2.13. The van der Waals surface area contributed by atoms with Crippen LogP contribution in [0.5, 0.6) is 5.75 Å². The van der Waals surface area contributed by atoms with Crippen LogP contribution in [0.25, 0.3) is 0 Å². The number of hydrogen-bond acceptors (Lipinski definition) is 5. The maximum absolute atomic E-state index is 5.37. The molecule has 0 radical (unpaired) electrons. The van der Waals surface area contributed by atoms with Crippen LogP contribution in [0.1, 0.15) is 18.3 Å². The third-order valence-corrected chi connectivity index (χ3v) is 2.25. The average molecular weight is 233 g/mol. The summed E-state index contributed by atoms with van der Waals surface area (Å²) in [6.07, 6.45) is 1.33. The van der Waals surface area contributed by atoms with Gasteiger partial charge in [0.15, 0.2) is 5.82 Å². The molecule has 0 aliphatic heterocycles. The molecular formula is C12H15N3O2. The average Bonchev–Trinajstić information content (AvgIpc) is 2.85. The molecule has 0 atom stereocenters. The topological polar surface area (TPSA) is 60.2 Å². The van der Waals surface area contributed by atoms with Crippen LogP contribution in [0.3, 0.4) is 0 Å². The van der Waals surface area contributed by atoms with E-state index in [1.165, 1.54) is 12.0 Å². The summed E-state index contributed by atoms with van der Waals surface area (Å²) in [6.45, 7) is 4.03. The highest BCUT2D eigenvalue weighted by molar-refractivity contribution is 5.27. The Morgan fingerprint density at radius 2 is 2.06 bits per heavy atom. The van der Waals surface area contributed by atoms with Gasteiger partial charge in [0.05, 0.1) is 13.2 Å². The predicted molar refractivity (Wildman–Crippen MR) is 62.5 cm³/mol. The third kappa shape index (κ3) is 3.57. The maximum atomic E-state index is 5.37. The second-order valence-corrected chi connectivity index (χ2v) is 3.53. The maximum Gasteiger partial charge on any atom is 0.213 e. The molecule has 2 rings (SSSR count). The number of benzene rings is 1. The third-order valence-electron chi connectivity index (χ3n) is 2.25. The second kappa shape index (κ2) is 6.00. The zero-order chi connectivity index (χ0) is 11.9. The first-order chi connectivity index (χ1) is 8.38. The van der Waals surface area contributed by atoms with E-state index < -0.39 is 0 Å². The van der Waals surface area contributed by atoms with Gasteiger partial charge in [0.1, 0.15) is 5.75 Å². The van der Waals surface area contributed by atoms with Crippen LogP contribution in [-0.2, 0) is 13.1 Å². The van der Waals surface area contributed by atoms with E-state index >= 15 is 0 Å². The zero-order valence-corrected chi connectivity index (χ0v) is 9.72. The quantitative estimate of drug-likeness (QED) is 0.823. The molecule has 0 unspecified atom stereocenters. The van der Waals surface area contributed by atoms with Crippen LogP contribution < -0.4 is 10.1 Å². The fourth-order valence-corrected chi connectivity index (χ4v) is 1.46. The van der Waals surface area contributed by atoms with Gasteiger partial charge in [0.2, 0.25) is 6.39 Å². The zero-order valence-electron chi connectivity index (χ0n) is 9.72. The van der Waals surface area contributed by atoms with Crippen LogP contribution >= 0.6 is 0 Å². The van der Waals surface area contributed by atoms with E-state index in [-0.39, 0.29) is 0 Å². The van der Waals surface area contributed by atoms with Crippen LogP contribution in [0.2, 0.25) is 0 Å². The lowest BCUT2D eigenvalue weighted by molar-refractivity contribution is 0.340. The van der Waals surface area contributed by atoms with E-state index in [0.29, 0.717) is 19.0 Å². The van der Waals surface area contributed by atoms with Crippen molar-refractivity contribution in [2.75, 3.05) is 6.61 Å². The summed E-state index contributed by atoms with van der Waals surface area (Å²) in [4.78, 5) is 3.93. The molecule has 1 N–H and O–H groups in total. The minimum atomic E-state index is 0.601. The highest BCUT2D eigenvalue weighted by Crippen LogP contribution is 2.11. The Morgan fingerprint density at radius 3 is 2.71 bits per heavy atom. The SMILES string of the molecule is CCOc1ccc(CNCc2ncon2)cc1. The van der Waals surface area contributed by atoms with E-state index in [9.17, 15) is 0 Å². The summed E-state index contributed by atoms with van der Waals surface area (Å²) in [6, 6.07) is 8.01. The van der Waals surface area contributed by atoms with Crippen LogP contribution in [0.15, 0.2) is 35.2 Å². The summed E-state index contributed by atoms with van der Waals surface area (Å²) in [5, 5.41) is 6.95. The van der Waals surface area contributed by atoms with Gasteiger partial charge in [-0.3, -0.25) is 0 Å². The molecule has 5 nitrogen and oxygen atoms in total. The number of rotatable bonds is 6. The molecule has 5 heteroatoms. The predicted octanol–water partition coefficient (Wildman–Crippen LogP) is 1.76. The summed E-state index contributed by atoms with van der Waals surface area (Å²) in [5.41, 5.74) is 1.19. The molecule has 0 saturated carbocycles. The molecule has 17 heavy (non-hydrogen) atoms. The smallest absolute Gasteiger partial charge is 0.213 e. The highest BCUT2D eigenvalue weighted by atomic mass is 16.5. The van der Waals surface area contributed by atoms with Crippen LogP contribution in [-0.4, -0.2) is 16.7 Å². The van der Waals surface area contributed by atoms with Gasteiger partial charge in [-0.15, -0.1) is 0 Å². The molecule has 1 heterocycles. The summed E-state index contributed by atoms with van der Waals surface area (Å²) >= 11 is 0. The molecule has 2 aromatic rings. The molecule has 0 fully saturated rings. The summed E-state index contributed by atoms with van der Waals surface area (Å²) in [7, 11) is 0. The van der Waals surface area contributed by atoms with Gasteiger partial charge in [-0.1, -0.05) is 17.3 Å². The Bertz CT molecular complexity index is 426. The first-order valence-electron chi connectivity index (χ1n) is 5.56. The van der Waals surface area contributed by atoms with Crippen molar-refractivity contribution < 1.29 is 9.26 Å². The molecule has 90 valence electrons. The standard InChI is InChI=1S/C12H15N3O2/c1-2-16-11-5-3-10(4-6-11)7-13-8-12-14-9-17-15-12/h3-6,9,13H,2,7-8H2,1H3. The number of nitrogens with one attached hydrogen (secondary N) is 1. The number of ether oxygens (including phenoxy) is 1. The van der Waals surface area contributed by atoms with Crippen molar-refractivity contribution in [1.82, 2.24) is 15.5 Å². The van der Waals surface area contributed by atoms with Crippen molar-refractivity contribution in [3.8, 4) is 5.75 Å². The fourth-order valence-electron chi connectivity index (χ4n) is 1.46. The number of nitrogens with zero attached hydrogens (tertiary/aromatic N) is 2. The Labute approximate surface area is 99.8 Å². The minimum absolute atomic E-state index is 0.601. The van der Waals surface area contributed by atoms with Gasteiger partial charge in [-0.2, -0.15) is 4.98 Å². The van der Waals surface area contributed by atoms with E-state index in [2.05, 4.69) is 20.0 Å². The van der Waals surface area contributed by atoms with E-state index in [0.717, 1.165) is 12.3 Å². The first-order valence-corrected chi connectivity index (χ1v) is 5.56. The highest BCUT2D eigenvalue weighted by Gasteiger charge is 1.98. The Balaban J connectivity index is 1.79. The number of aromatic nitrogens is 2. The van der Waals surface area contributed by atoms with Crippen molar-refractivity contribution in [1.29, 1.82) is 0 Å². The van der Waals surface area contributed by atoms with Crippen molar-refractivity contribution >= 4 is 0 Å². The van der Waals surface area contributed by atoms with Gasteiger partial charge in [-0.25, -0.2) is 0 Å². The molecule has 1 aromatic heterocycles. The largest absolute Gasteiger partial charge is 0.494 e. The Kier molecular flexibility index (Phi) is 4.10. The van der Waals surface area contributed by atoms with Gasteiger partial charge in [0, 0.05) is 6.54 Å². The van der Waals surface area contributed by atoms with Crippen molar-refractivity contribution in [2.24, 2.45) is 0 Å². The minimum Gasteiger partial charge on any atom is -0.494 e. The Hall–Kier alpha value is -1.88. The Morgan fingerprint density at radius 1 is 1.24 bits per heavy atom. The van der Waals surface area contributed by atoms with Crippen LogP contribution in [0.4, 0.5) is 0 Å². The molecule has 0 spiro atoms. The van der Waals surface area contributed by atoms with Gasteiger partial charge in [-0.05, 0) is 24.6 Å². The van der Waals surface area contributed by atoms with E-state index in [1.807, 2.05) is 31.2 Å². The van der Waals surface area contributed by atoms with Gasteiger partial charge in [0.25, 0.3) is 0 Å². The van der Waals surface area contributed by atoms with E-state index in [4.69, 9.17) is 4.74 Å². The lowest BCUT2D eigenvalue weighted by atomic mass is 10.2. The summed E-state index contributed by atoms with van der Waals surface area (Å²) in [5.74, 6) is 1.56. The molecule has 0 bridgehead atoms. The van der Waals surface area contributed by atoms with Crippen molar-refractivity contribution in [3.05, 3.63) is 42.0 Å². The van der Waals surface area contributed by atoms with Gasteiger partial charge >= 0.3 is 0 Å². The molecule has 0 saturated heterocycles. The summed E-state index contributed by atoms with van der Waals surface area (Å²) < 4.78 is 10.0. The number of hydrogen-bond donors (Lipinski definition) is 1. The fraction of sp³-hybridized carbons (Fsp3) is 0.333. The van der Waals surface area contributed by atoms with Crippen molar-refractivity contribution in [2.45, 2.75) is 20.0 Å². The van der Waals surface area contributed by atoms with Crippen LogP contribution in [0, 0.1) is 0 Å². The first kappa shape index (κ1) is 11.6. The second-order valence-electron chi connectivity index (χ2n) is 3.53. The molecule has 1 aromatic carbocycles. The lowest BCUT2D eigenvalue weighted by Gasteiger charge is -2.05. The van der Waals surface area contributed by atoms with E-state index in [1.54, 1.807) is 0 Å². The monoisotopic (exact) mass is 233 g/mol.